The first-order valence-corrected chi connectivity index (χ1v) is 6.79. The number of hydrogen-bond acceptors (Lipinski definition) is 5. The number of nitrogens with two attached hydrogens (primary N) is 1. The van der Waals surface area contributed by atoms with Crippen LogP contribution >= 0.6 is 0 Å². The summed E-state index contributed by atoms with van der Waals surface area (Å²) < 4.78 is 5.33. The Morgan fingerprint density at radius 1 is 1.48 bits per heavy atom. The van der Waals surface area contributed by atoms with Crippen molar-refractivity contribution in [2.75, 3.05) is 18.9 Å². The van der Waals surface area contributed by atoms with Crippen LogP contribution in [0.2, 0.25) is 0 Å². The number of rotatable bonds is 7. The zero-order valence-electron chi connectivity index (χ0n) is 12.5. The summed E-state index contributed by atoms with van der Waals surface area (Å²) in [4.78, 5) is 22.5. The van der Waals surface area contributed by atoms with Gasteiger partial charge < -0.3 is 15.8 Å². The van der Waals surface area contributed by atoms with Crippen LogP contribution in [0.1, 0.15) is 31.1 Å². The van der Waals surface area contributed by atoms with E-state index >= 15 is 0 Å². The number of ether oxygens (including phenoxy) is 1. The minimum absolute atomic E-state index is 0.103. The molecule has 1 atom stereocenters. The van der Waals surface area contributed by atoms with Gasteiger partial charge in [-0.1, -0.05) is 13.8 Å². The van der Waals surface area contributed by atoms with Gasteiger partial charge in [0.05, 0.1) is 23.1 Å². The summed E-state index contributed by atoms with van der Waals surface area (Å²) in [6.07, 6.45) is 0. The fourth-order valence-corrected chi connectivity index (χ4v) is 1.75. The van der Waals surface area contributed by atoms with Crippen molar-refractivity contribution in [3.05, 3.63) is 33.9 Å². The van der Waals surface area contributed by atoms with Crippen molar-refractivity contribution in [2.24, 2.45) is 5.92 Å². The Morgan fingerprint density at radius 2 is 2.14 bits per heavy atom. The molecule has 0 aliphatic heterocycles. The summed E-state index contributed by atoms with van der Waals surface area (Å²) >= 11 is 0. The second kappa shape index (κ2) is 7.58. The van der Waals surface area contributed by atoms with E-state index in [9.17, 15) is 14.9 Å². The first kappa shape index (κ1) is 16.9. The van der Waals surface area contributed by atoms with Gasteiger partial charge in [-0.05, 0) is 18.9 Å². The van der Waals surface area contributed by atoms with Crippen LogP contribution in [-0.4, -0.2) is 30.1 Å². The van der Waals surface area contributed by atoms with Gasteiger partial charge in [0.15, 0.2) is 0 Å². The second-order valence-corrected chi connectivity index (χ2v) is 5.01. The lowest BCUT2D eigenvalue weighted by Crippen LogP contribution is -2.42. The molecule has 1 unspecified atom stereocenters. The van der Waals surface area contributed by atoms with Crippen LogP contribution in [0.3, 0.4) is 0 Å². The quantitative estimate of drug-likeness (QED) is 0.454. The fraction of sp³-hybridized carbons (Fsp3) is 0.500. The van der Waals surface area contributed by atoms with Crippen molar-refractivity contribution in [3.63, 3.8) is 0 Å². The van der Waals surface area contributed by atoms with Gasteiger partial charge in [-0.3, -0.25) is 14.9 Å². The Morgan fingerprint density at radius 3 is 2.67 bits per heavy atom. The van der Waals surface area contributed by atoms with Gasteiger partial charge in [-0.15, -0.1) is 0 Å². The molecule has 3 N–H and O–H groups in total. The first-order chi connectivity index (χ1) is 9.86. The van der Waals surface area contributed by atoms with E-state index < -0.39 is 10.8 Å². The van der Waals surface area contributed by atoms with Crippen LogP contribution in [-0.2, 0) is 4.74 Å². The van der Waals surface area contributed by atoms with Gasteiger partial charge in [0.2, 0.25) is 0 Å². The van der Waals surface area contributed by atoms with Gasteiger partial charge in [0.25, 0.3) is 11.6 Å². The highest BCUT2D eigenvalue weighted by atomic mass is 16.6. The third kappa shape index (κ3) is 4.71. The minimum atomic E-state index is -0.559. The summed E-state index contributed by atoms with van der Waals surface area (Å²) in [6.45, 7) is 6.73. The zero-order valence-corrected chi connectivity index (χ0v) is 12.5. The molecule has 0 bridgehead atoms. The number of nitrogens with zero attached hydrogens (tertiary/aromatic N) is 1. The highest BCUT2D eigenvalue weighted by Crippen LogP contribution is 2.20. The number of carbonyl (C=O) groups excluding carboxylic acids is 1. The van der Waals surface area contributed by atoms with Crippen molar-refractivity contribution < 1.29 is 14.5 Å². The third-order valence-electron chi connectivity index (χ3n) is 3.12. The molecule has 0 spiro atoms. The van der Waals surface area contributed by atoms with Crippen molar-refractivity contribution in [1.82, 2.24) is 5.32 Å². The van der Waals surface area contributed by atoms with Gasteiger partial charge in [0.1, 0.15) is 0 Å². The lowest BCUT2D eigenvalue weighted by Gasteiger charge is -2.22. The number of nitrogens with one attached hydrogen (secondary N) is 1. The smallest absolute Gasteiger partial charge is 0.270 e. The normalized spacial score (nSPS) is 12.2. The van der Waals surface area contributed by atoms with Gasteiger partial charge >= 0.3 is 0 Å². The Bertz CT molecular complexity index is 517. The molecular formula is C14H21N3O4. The molecule has 1 amide bonds. The number of anilines is 1. The summed E-state index contributed by atoms with van der Waals surface area (Å²) in [5.41, 5.74) is 5.87. The maximum Gasteiger partial charge on any atom is 0.270 e. The number of nitrogen functional groups attached to an aromatic ring is 1. The number of non-ortho nitro benzene ring substituents is 1. The topological polar surface area (TPSA) is 107 Å². The minimum Gasteiger partial charge on any atom is -0.398 e. The summed E-state index contributed by atoms with van der Waals surface area (Å²) in [5, 5.41) is 13.6. The average molecular weight is 295 g/mol. The maximum absolute atomic E-state index is 12.2. The number of nitro benzene ring substituents is 1. The molecule has 1 rings (SSSR count). The van der Waals surface area contributed by atoms with Gasteiger partial charge in [-0.2, -0.15) is 0 Å². The highest BCUT2D eigenvalue weighted by Gasteiger charge is 2.20. The van der Waals surface area contributed by atoms with Gasteiger partial charge in [0, 0.05) is 24.4 Å². The molecule has 0 aliphatic carbocycles. The van der Waals surface area contributed by atoms with E-state index in [-0.39, 0.29) is 28.9 Å². The van der Waals surface area contributed by atoms with Crippen LogP contribution in [0.5, 0.6) is 0 Å². The zero-order chi connectivity index (χ0) is 16.0. The van der Waals surface area contributed by atoms with E-state index in [0.29, 0.717) is 13.2 Å². The largest absolute Gasteiger partial charge is 0.398 e. The molecule has 0 aromatic heterocycles. The Balaban J connectivity index is 2.91. The van der Waals surface area contributed by atoms with Gasteiger partial charge in [-0.25, -0.2) is 0 Å². The molecule has 0 saturated carbocycles. The second-order valence-electron chi connectivity index (χ2n) is 5.01. The number of amides is 1. The lowest BCUT2D eigenvalue weighted by molar-refractivity contribution is -0.384. The molecule has 0 radical (unpaired) electrons. The predicted molar refractivity (Wildman–Crippen MR) is 80.1 cm³/mol. The SMILES string of the molecule is CCOCC(NC(=O)c1cc([N+](=O)[O-])ccc1N)C(C)C. The van der Waals surface area contributed by atoms with Crippen LogP contribution < -0.4 is 11.1 Å². The lowest BCUT2D eigenvalue weighted by atomic mass is 10.0. The van der Waals surface area contributed by atoms with Crippen molar-refractivity contribution in [3.8, 4) is 0 Å². The van der Waals surface area contributed by atoms with Crippen LogP contribution in [0.15, 0.2) is 18.2 Å². The Hall–Kier alpha value is -2.15. The van der Waals surface area contributed by atoms with Crippen LogP contribution in [0.4, 0.5) is 11.4 Å². The predicted octanol–water partition coefficient (Wildman–Crippen LogP) is 1.97. The van der Waals surface area contributed by atoms with E-state index in [1.807, 2.05) is 20.8 Å². The Labute approximate surface area is 123 Å². The molecule has 0 heterocycles. The van der Waals surface area contributed by atoms with Crippen molar-refractivity contribution in [2.45, 2.75) is 26.8 Å². The third-order valence-corrected chi connectivity index (χ3v) is 3.12. The Kier molecular flexibility index (Phi) is 6.10. The molecule has 7 heteroatoms. The monoisotopic (exact) mass is 295 g/mol. The van der Waals surface area contributed by atoms with E-state index in [0.717, 1.165) is 0 Å². The van der Waals surface area contributed by atoms with Crippen LogP contribution in [0.25, 0.3) is 0 Å². The molecule has 21 heavy (non-hydrogen) atoms. The number of hydrogen-bond donors (Lipinski definition) is 2. The standard InChI is InChI=1S/C14H21N3O4/c1-4-21-8-13(9(2)3)16-14(18)11-7-10(17(19)20)5-6-12(11)15/h5-7,9,13H,4,8,15H2,1-3H3,(H,16,18). The molecule has 0 saturated heterocycles. The summed E-state index contributed by atoms with van der Waals surface area (Å²) in [7, 11) is 0. The maximum atomic E-state index is 12.2. The van der Waals surface area contributed by atoms with Crippen molar-refractivity contribution >= 4 is 17.3 Å². The van der Waals surface area contributed by atoms with Crippen molar-refractivity contribution in [1.29, 1.82) is 0 Å². The van der Waals surface area contributed by atoms with E-state index in [2.05, 4.69) is 5.32 Å². The van der Waals surface area contributed by atoms with E-state index in [1.165, 1.54) is 18.2 Å². The molecule has 0 aliphatic rings. The van der Waals surface area contributed by atoms with Crippen LogP contribution in [0, 0.1) is 16.0 Å². The number of benzene rings is 1. The molecule has 7 nitrogen and oxygen atoms in total. The van der Waals surface area contributed by atoms with E-state index in [4.69, 9.17) is 10.5 Å². The fourth-order valence-electron chi connectivity index (χ4n) is 1.75. The van der Waals surface area contributed by atoms with E-state index in [1.54, 1.807) is 0 Å². The number of carbonyl (C=O) groups is 1. The average Bonchev–Trinajstić information content (AvgIpc) is 2.42. The summed E-state index contributed by atoms with van der Waals surface area (Å²) in [5.74, 6) is -0.268. The first-order valence-electron chi connectivity index (χ1n) is 6.79. The molecule has 0 fully saturated rings. The molecular weight excluding hydrogens is 274 g/mol. The molecule has 1 aromatic rings. The molecule has 116 valence electrons. The summed E-state index contributed by atoms with van der Waals surface area (Å²) in [6, 6.07) is 3.63. The highest BCUT2D eigenvalue weighted by molar-refractivity contribution is 6.00. The molecule has 1 aromatic carbocycles. The number of nitro groups is 1.